The van der Waals surface area contributed by atoms with Gasteiger partial charge in [-0.25, -0.2) is 0 Å². The van der Waals surface area contributed by atoms with Gasteiger partial charge in [-0.1, -0.05) is 30.3 Å². The summed E-state index contributed by atoms with van der Waals surface area (Å²) >= 11 is 0. The van der Waals surface area contributed by atoms with E-state index in [-0.39, 0.29) is 17.9 Å². The van der Waals surface area contributed by atoms with Crippen LogP contribution >= 0.6 is 0 Å². The molecule has 1 aromatic heterocycles. The summed E-state index contributed by atoms with van der Waals surface area (Å²) in [6, 6.07) is 9.77. The fourth-order valence-corrected chi connectivity index (χ4v) is 3.87. The van der Waals surface area contributed by atoms with Crippen molar-refractivity contribution in [3.8, 4) is 0 Å². The second-order valence-corrected chi connectivity index (χ2v) is 7.38. The van der Waals surface area contributed by atoms with E-state index < -0.39 is 0 Å². The fraction of sp³-hybridized carbons (Fsp3) is 0.500. The Morgan fingerprint density at radius 3 is 2.54 bits per heavy atom. The lowest BCUT2D eigenvalue weighted by atomic mass is 9.79. The van der Waals surface area contributed by atoms with Gasteiger partial charge in [0.15, 0.2) is 0 Å². The molecule has 2 aromatic rings. The molecule has 6 nitrogen and oxygen atoms in total. The maximum atomic E-state index is 12.4. The molecule has 3 rings (SSSR count). The highest BCUT2D eigenvalue weighted by Gasteiger charge is 2.29. The third-order valence-electron chi connectivity index (χ3n) is 5.62. The minimum Gasteiger partial charge on any atom is -0.469 e. The van der Waals surface area contributed by atoms with Gasteiger partial charge in [0.1, 0.15) is 6.61 Å². The van der Waals surface area contributed by atoms with Crippen LogP contribution in [0.5, 0.6) is 0 Å². The summed E-state index contributed by atoms with van der Waals surface area (Å²) in [7, 11) is 1.40. The number of aromatic nitrogens is 2. The minimum atomic E-state index is -0.231. The fourth-order valence-electron chi connectivity index (χ4n) is 3.87. The monoisotopic (exact) mass is 384 g/mol. The van der Waals surface area contributed by atoms with E-state index in [1.54, 1.807) is 0 Å². The van der Waals surface area contributed by atoms with Gasteiger partial charge < -0.3 is 9.47 Å². The predicted octanol–water partition coefficient (Wildman–Crippen LogP) is 3.77. The first kappa shape index (κ1) is 20.1. The van der Waals surface area contributed by atoms with Crippen molar-refractivity contribution in [3.63, 3.8) is 0 Å². The third-order valence-corrected chi connectivity index (χ3v) is 5.62. The maximum Gasteiger partial charge on any atom is 0.309 e. The second-order valence-electron chi connectivity index (χ2n) is 7.38. The summed E-state index contributed by atoms with van der Waals surface area (Å²) in [4.78, 5) is 23.7. The third kappa shape index (κ3) is 5.00. The van der Waals surface area contributed by atoms with Crippen LogP contribution in [0.3, 0.4) is 0 Å². The van der Waals surface area contributed by atoms with Crippen LogP contribution in [0.4, 0.5) is 0 Å². The first-order valence-corrected chi connectivity index (χ1v) is 9.88. The normalized spacial score (nSPS) is 19.2. The Kier molecular flexibility index (Phi) is 6.85. The van der Waals surface area contributed by atoms with Crippen LogP contribution in [0.25, 0.3) is 0 Å². The molecule has 0 aliphatic heterocycles. The zero-order chi connectivity index (χ0) is 19.9. The number of ether oxygens (including phenoxy) is 2. The average Bonchev–Trinajstić information content (AvgIpc) is 3.11. The number of nitrogens with zero attached hydrogens (tertiary/aromatic N) is 2. The van der Waals surface area contributed by atoms with Crippen LogP contribution in [0.2, 0.25) is 0 Å². The smallest absolute Gasteiger partial charge is 0.309 e. The molecule has 1 aliphatic rings. The van der Waals surface area contributed by atoms with E-state index in [9.17, 15) is 9.59 Å². The highest BCUT2D eigenvalue weighted by molar-refractivity contribution is 5.72. The van der Waals surface area contributed by atoms with Crippen molar-refractivity contribution in [1.29, 1.82) is 0 Å². The van der Waals surface area contributed by atoms with E-state index in [0.29, 0.717) is 25.5 Å². The summed E-state index contributed by atoms with van der Waals surface area (Å²) in [5.74, 6) is 0.0680. The predicted molar refractivity (Wildman–Crippen MR) is 105 cm³/mol. The minimum absolute atomic E-state index is 0.0189. The van der Waals surface area contributed by atoms with Gasteiger partial charge in [-0.05, 0) is 49.7 Å². The molecular formula is C22H28N2O4. The summed E-state index contributed by atoms with van der Waals surface area (Å²) in [5, 5.41) is 4.43. The molecule has 0 atom stereocenters. The van der Waals surface area contributed by atoms with Crippen molar-refractivity contribution in [2.45, 2.75) is 58.1 Å². The Morgan fingerprint density at radius 1 is 1.14 bits per heavy atom. The van der Waals surface area contributed by atoms with Gasteiger partial charge in [0, 0.05) is 5.69 Å². The van der Waals surface area contributed by atoms with E-state index in [4.69, 9.17) is 9.47 Å². The van der Waals surface area contributed by atoms with Crippen LogP contribution in [0, 0.1) is 12.8 Å². The molecular weight excluding hydrogens is 356 g/mol. The molecule has 1 fully saturated rings. The van der Waals surface area contributed by atoms with Crippen molar-refractivity contribution in [2.75, 3.05) is 7.11 Å². The van der Waals surface area contributed by atoms with Crippen molar-refractivity contribution in [3.05, 3.63) is 53.3 Å². The molecule has 150 valence electrons. The lowest BCUT2D eigenvalue weighted by Gasteiger charge is -2.27. The van der Waals surface area contributed by atoms with E-state index in [0.717, 1.165) is 36.9 Å². The molecule has 28 heavy (non-hydrogen) atoms. The number of methoxy groups -OCH3 is 1. The number of benzene rings is 1. The van der Waals surface area contributed by atoms with E-state index in [1.807, 2.05) is 48.1 Å². The number of hydrogen-bond donors (Lipinski definition) is 0. The van der Waals surface area contributed by atoms with Gasteiger partial charge in [-0.15, -0.1) is 0 Å². The SMILES string of the molecule is COC(=O)CCn1ncc([C@H]2CC[C@@H](C(=O)OCc3ccccc3)CC2)c1C. The number of rotatable bonds is 7. The van der Waals surface area contributed by atoms with Gasteiger partial charge in [-0.3, -0.25) is 14.3 Å². The van der Waals surface area contributed by atoms with Gasteiger partial charge >= 0.3 is 11.9 Å². The molecule has 0 bridgehead atoms. The van der Waals surface area contributed by atoms with Crippen molar-refractivity contribution in [2.24, 2.45) is 5.92 Å². The molecule has 0 amide bonds. The van der Waals surface area contributed by atoms with Crippen molar-refractivity contribution in [1.82, 2.24) is 9.78 Å². The first-order valence-electron chi connectivity index (χ1n) is 9.88. The Labute approximate surface area is 165 Å². The molecule has 1 saturated carbocycles. The Morgan fingerprint density at radius 2 is 1.86 bits per heavy atom. The van der Waals surface area contributed by atoms with Crippen LogP contribution in [0.15, 0.2) is 36.5 Å². The highest BCUT2D eigenvalue weighted by Crippen LogP contribution is 2.37. The summed E-state index contributed by atoms with van der Waals surface area (Å²) in [6.07, 6.45) is 5.81. The van der Waals surface area contributed by atoms with Crippen LogP contribution in [0.1, 0.15) is 54.8 Å². The van der Waals surface area contributed by atoms with Gasteiger partial charge in [-0.2, -0.15) is 5.10 Å². The van der Waals surface area contributed by atoms with Crippen molar-refractivity contribution >= 4 is 11.9 Å². The molecule has 0 N–H and O–H groups in total. The van der Waals surface area contributed by atoms with E-state index in [2.05, 4.69) is 5.10 Å². The molecule has 0 saturated heterocycles. The lowest BCUT2D eigenvalue weighted by molar-refractivity contribution is -0.151. The van der Waals surface area contributed by atoms with Crippen LogP contribution in [-0.4, -0.2) is 28.8 Å². The Hall–Kier alpha value is -2.63. The quantitative estimate of drug-likeness (QED) is 0.680. The van der Waals surface area contributed by atoms with Crippen LogP contribution < -0.4 is 0 Å². The molecule has 1 aliphatic carbocycles. The van der Waals surface area contributed by atoms with E-state index >= 15 is 0 Å². The number of carbonyl (C=O) groups excluding carboxylic acids is 2. The molecule has 0 radical (unpaired) electrons. The van der Waals surface area contributed by atoms with Crippen molar-refractivity contribution < 1.29 is 19.1 Å². The lowest BCUT2D eigenvalue weighted by Crippen LogP contribution is -2.23. The number of esters is 2. The molecule has 6 heteroatoms. The maximum absolute atomic E-state index is 12.4. The molecule has 1 aromatic carbocycles. The topological polar surface area (TPSA) is 70.4 Å². The zero-order valence-electron chi connectivity index (χ0n) is 16.6. The number of aryl methyl sites for hydroxylation is 1. The Bertz CT molecular complexity index is 792. The standard InChI is InChI=1S/C22H28N2O4/c1-16-20(14-23-24(16)13-12-21(25)27-2)18-8-10-19(11-9-18)22(26)28-15-17-6-4-3-5-7-17/h3-7,14,18-19H,8-13,15H2,1-2H3/t18-,19+. The Balaban J connectivity index is 1.49. The summed E-state index contributed by atoms with van der Waals surface area (Å²) < 4.78 is 12.1. The number of hydrogen-bond acceptors (Lipinski definition) is 5. The zero-order valence-corrected chi connectivity index (χ0v) is 16.6. The molecule has 0 spiro atoms. The van der Waals surface area contributed by atoms with Gasteiger partial charge in [0.05, 0.1) is 32.2 Å². The number of carbonyl (C=O) groups is 2. The second kappa shape index (κ2) is 9.53. The van der Waals surface area contributed by atoms with E-state index in [1.165, 1.54) is 12.7 Å². The molecule has 0 unspecified atom stereocenters. The summed E-state index contributed by atoms with van der Waals surface area (Å²) in [6.45, 7) is 2.91. The largest absolute Gasteiger partial charge is 0.469 e. The van der Waals surface area contributed by atoms with Gasteiger partial charge in [0.25, 0.3) is 0 Å². The van der Waals surface area contributed by atoms with Crippen LogP contribution in [-0.2, 0) is 32.2 Å². The highest BCUT2D eigenvalue weighted by atomic mass is 16.5. The summed E-state index contributed by atoms with van der Waals surface area (Å²) in [5.41, 5.74) is 3.33. The van der Waals surface area contributed by atoms with Gasteiger partial charge in [0.2, 0.25) is 0 Å². The average molecular weight is 384 g/mol. The molecule has 1 heterocycles. The first-order chi connectivity index (χ1) is 13.6.